The number of piperidine rings is 1. The maximum Gasteiger partial charge on any atom is 0.296 e. The van der Waals surface area contributed by atoms with Crippen LogP contribution in [-0.4, -0.2) is 65.2 Å². The second-order valence-electron chi connectivity index (χ2n) is 13.6. The van der Waals surface area contributed by atoms with E-state index in [0.717, 1.165) is 51.4 Å². The number of fused-ring (bicyclic) bond motifs is 2. The summed E-state index contributed by atoms with van der Waals surface area (Å²) in [5.41, 5.74) is 6.45. The number of nitrogens with one attached hydrogen (secondary N) is 2. The van der Waals surface area contributed by atoms with Crippen LogP contribution < -0.4 is 21.1 Å². The van der Waals surface area contributed by atoms with E-state index in [0.29, 0.717) is 29.8 Å². The van der Waals surface area contributed by atoms with Crippen LogP contribution >= 0.6 is 0 Å². The van der Waals surface area contributed by atoms with E-state index in [2.05, 4.69) is 29.5 Å². The molecule has 11 heteroatoms. The third kappa shape index (κ3) is 5.58. The third-order valence-electron chi connectivity index (χ3n) is 10.7. The SMILES string of the molecule is COc1ccc2oc(N[C@@H](C(=O)N3C[C@@H]4C([C@H]3C(=O)NC(CC3CCC3)C(=O)C(N)=O)C4(C)C)C3CCCCC3)nc2c1. The smallest absolute Gasteiger partial charge is 0.296 e. The number of methoxy groups -OCH3 is 1. The number of ketones is 1. The molecular weight excluding hydrogens is 550 g/mol. The van der Waals surface area contributed by atoms with Crippen LogP contribution in [0.5, 0.6) is 5.75 Å². The molecule has 0 bridgehead atoms. The monoisotopic (exact) mass is 593 g/mol. The molecule has 1 aromatic heterocycles. The molecule has 1 saturated heterocycles. The summed E-state index contributed by atoms with van der Waals surface area (Å²) in [6, 6.07) is 3.28. The van der Waals surface area contributed by atoms with E-state index in [4.69, 9.17) is 14.9 Å². The average molecular weight is 594 g/mol. The van der Waals surface area contributed by atoms with Crippen LogP contribution in [0.2, 0.25) is 0 Å². The molecule has 2 aromatic rings. The van der Waals surface area contributed by atoms with Gasteiger partial charge in [-0.2, -0.15) is 4.98 Å². The van der Waals surface area contributed by atoms with Gasteiger partial charge in [-0.05, 0) is 60.5 Å². The lowest BCUT2D eigenvalue weighted by molar-refractivity contribution is -0.144. The standard InChI is InChI=1S/C32H43N5O6/c1-32(2)20-16-37(26(24(20)32)29(40)34-22(27(38)28(33)39)14-17-8-7-9-17)30(41)25(18-10-5-4-6-11-18)36-31-35-21-15-19(42-3)12-13-23(21)43-31/h12-13,15,17-18,20,22,24-26H,4-11,14,16H2,1-3H3,(H2,33,39)(H,34,40)(H,35,36)/t20-,22?,24?,25-,26+/m1/s1. The number of nitrogens with two attached hydrogens (primary N) is 1. The number of primary amides is 1. The van der Waals surface area contributed by atoms with Crippen molar-refractivity contribution in [1.29, 1.82) is 0 Å². The highest BCUT2D eigenvalue weighted by atomic mass is 16.5. The van der Waals surface area contributed by atoms with E-state index in [1.165, 1.54) is 0 Å². The van der Waals surface area contributed by atoms with Crippen molar-refractivity contribution in [1.82, 2.24) is 15.2 Å². The number of carbonyl (C=O) groups is 4. The molecule has 1 aromatic carbocycles. The van der Waals surface area contributed by atoms with Crippen LogP contribution in [0.25, 0.3) is 11.1 Å². The molecule has 3 amide bonds. The fourth-order valence-corrected chi connectivity index (χ4v) is 7.79. The van der Waals surface area contributed by atoms with Crippen molar-refractivity contribution in [3.8, 4) is 5.75 Å². The van der Waals surface area contributed by atoms with Gasteiger partial charge in [-0.15, -0.1) is 0 Å². The van der Waals surface area contributed by atoms with Gasteiger partial charge in [0, 0.05) is 12.6 Å². The normalized spacial score (nSPS) is 26.2. The highest BCUT2D eigenvalue weighted by Gasteiger charge is 2.69. The van der Waals surface area contributed by atoms with Gasteiger partial charge in [0.25, 0.3) is 11.9 Å². The molecule has 1 aliphatic heterocycles. The molecule has 232 valence electrons. The molecule has 11 nitrogen and oxygen atoms in total. The molecule has 4 aliphatic rings. The lowest BCUT2D eigenvalue weighted by atomic mass is 9.80. The van der Waals surface area contributed by atoms with Gasteiger partial charge < -0.3 is 30.4 Å². The summed E-state index contributed by atoms with van der Waals surface area (Å²) in [6.45, 7) is 4.70. The van der Waals surface area contributed by atoms with Crippen molar-refractivity contribution < 1.29 is 28.3 Å². The molecule has 0 radical (unpaired) electrons. The number of benzene rings is 1. The van der Waals surface area contributed by atoms with Crippen LogP contribution in [0.1, 0.15) is 71.6 Å². The third-order valence-corrected chi connectivity index (χ3v) is 10.7. The molecule has 3 aliphatic carbocycles. The fraction of sp³-hybridized carbons (Fsp3) is 0.656. The zero-order valence-corrected chi connectivity index (χ0v) is 25.3. The maximum absolute atomic E-state index is 14.5. The Morgan fingerprint density at radius 1 is 1.12 bits per heavy atom. The van der Waals surface area contributed by atoms with Gasteiger partial charge in [-0.1, -0.05) is 52.4 Å². The number of likely N-dealkylation sites (tertiary alicyclic amines) is 1. The summed E-state index contributed by atoms with van der Waals surface area (Å²) >= 11 is 0. The molecule has 6 rings (SSSR count). The van der Waals surface area contributed by atoms with Crippen molar-refractivity contribution in [2.45, 2.75) is 89.8 Å². The predicted octanol–water partition coefficient (Wildman–Crippen LogP) is 3.41. The Bertz CT molecular complexity index is 1410. The average Bonchev–Trinajstić information content (AvgIpc) is 3.33. The highest BCUT2D eigenvalue weighted by molar-refractivity contribution is 6.37. The van der Waals surface area contributed by atoms with Crippen LogP contribution in [0.3, 0.4) is 0 Å². The highest BCUT2D eigenvalue weighted by Crippen LogP contribution is 2.65. The number of anilines is 1. The molecule has 2 heterocycles. The first-order valence-electron chi connectivity index (χ1n) is 15.7. The Balaban J connectivity index is 1.26. The van der Waals surface area contributed by atoms with Gasteiger partial charge in [-0.3, -0.25) is 19.2 Å². The Morgan fingerprint density at radius 2 is 1.86 bits per heavy atom. The van der Waals surface area contributed by atoms with Crippen molar-refractivity contribution in [2.75, 3.05) is 19.0 Å². The Hall–Kier alpha value is -3.63. The number of ether oxygens (including phenoxy) is 1. The summed E-state index contributed by atoms with van der Waals surface area (Å²) in [5.74, 6) is -1.25. The number of rotatable bonds is 11. The number of carbonyl (C=O) groups excluding carboxylic acids is 4. The van der Waals surface area contributed by atoms with Gasteiger partial charge in [0.2, 0.25) is 17.6 Å². The van der Waals surface area contributed by atoms with Crippen molar-refractivity contribution in [2.24, 2.45) is 34.8 Å². The van der Waals surface area contributed by atoms with Crippen molar-refractivity contribution in [3.63, 3.8) is 0 Å². The quantitative estimate of drug-likeness (QED) is 0.335. The van der Waals surface area contributed by atoms with Gasteiger partial charge in [-0.25, -0.2) is 0 Å². The molecule has 43 heavy (non-hydrogen) atoms. The summed E-state index contributed by atoms with van der Waals surface area (Å²) in [5, 5.41) is 6.19. The molecule has 5 atom stereocenters. The molecule has 0 spiro atoms. The minimum Gasteiger partial charge on any atom is -0.497 e. The molecule has 2 unspecified atom stereocenters. The fourth-order valence-electron chi connectivity index (χ4n) is 7.79. The second kappa shape index (κ2) is 11.5. The molecular formula is C32H43N5O6. The number of Topliss-reactive ketones (excluding diaryl/α,β-unsaturated/α-hetero) is 1. The number of oxazole rings is 1. The first-order chi connectivity index (χ1) is 20.6. The van der Waals surface area contributed by atoms with E-state index in [9.17, 15) is 19.2 Å². The maximum atomic E-state index is 14.5. The summed E-state index contributed by atoms with van der Waals surface area (Å²) < 4.78 is 11.3. The Kier molecular flexibility index (Phi) is 7.85. The number of nitrogens with zero attached hydrogens (tertiary/aromatic N) is 2. The van der Waals surface area contributed by atoms with E-state index in [1.54, 1.807) is 30.2 Å². The number of hydrogen-bond acceptors (Lipinski definition) is 8. The minimum atomic E-state index is -1.05. The largest absolute Gasteiger partial charge is 0.497 e. The van der Waals surface area contributed by atoms with E-state index < -0.39 is 29.8 Å². The summed E-state index contributed by atoms with van der Waals surface area (Å²) in [6.07, 6.45) is 8.34. The van der Waals surface area contributed by atoms with E-state index in [-0.39, 0.29) is 46.9 Å². The zero-order valence-electron chi connectivity index (χ0n) is 25.3. The zero-order chi connectivity index (χ0) is 30.5. The first-order valence-corrected chi connectivity index (χ1v) is 15.7. The summed E-state index contributed by atoms with van der Waals surface area (Å²) in [4.78, 5) is 59.3. The van der Waals surface area contributed by atoms with E-state index in [1.807, 2.05) is 0 Å². The lowest BCUT2D eigenvalue weighted by Gasteiger charge is -2.37. The van der Waals surface area contributed by atoms with Crippen LogP contribution in [0, 0.1) is 29.1 Å². The number of hydrogen-bond donors (Lipinski definition) is 3. The van der Waals surface area contributed by atoms with Crippen LogP contribution in [0.15, 0.2) is 22.6 Å². The molecule has 3 saturated carbocycles. The topological polar surface area (TPSA) is 157 Å². The summed E-state index contributed by atoms with van der Waals surface area (Å²) in [7, 11) is 1.59. The Labute approximate surface area is 251 Å². The van der Waals surface area contributed by atoms with Crippen molar-refractivity contribution in [3.05, 3.63) is 18.2 Å². The number of aromatic nitrogens is 1. The van der Waals surface area contributed by atoms with Gasteiger partial charge >= 0.3 is 0 Å². The van der Waals surface area contributed by atoms with E-state index >= 15 is 0 Å². The van der Waals surface area contributed by atoms with Gasteiger partial charge in [0.1, 0.15) is 23.3 Å². The van der Waals surface area contributed by atoms with Crippen molar-refractivity contribution >= 4 is 40.6 Å². The minimum absolute atomic E-state index is 0.0340. The lowest BCUT2D eigenvalue weighted by Crippen LogP contribution is -2.58. The second-order valence-corrected chi connectivity index (χ2v) is 13.6. The molecule has 4 N–H and O–H groups in total. The van der Waals surface area contributed by atoms with Gasteiger partial charge in [0.15, 0.2) is 5.58 Å². The first kappa shape index (κ1) is 29.4. The predicted molar refractivity (Wildman–Crippen MR) is 159 cm³/mol. The molecule has 4 fully saturated rings. The van der Waals surface area contributed by atoms with Crippen LogP contribution in [-0.2, 0) is 19.2 Å². The number of amides is 3. The van der Waals surface area contributed by atoms with Crippen LogP contribution in [0.4, 0.5) is 6.01 Å². The Morgan fingerprint density at radius 3 is 2.51 bits per heavy atom. The van der Waals surface area contributed by atoms with Gasteiger partial charge in [0.05, 0.1) is 13.2 Å².